The van der Waals surface area contributed by atoms with Gasteiger partial charge in [0.1, 0.15) is 29.3 Å². The molecule has 2 heterocycles. The summed E-state index contributed by atoms with van der Waals surface area (Å²) in [6.07, 6.45) is 3.57. The number of hydrogen-bond donors (Lipinski definition) is 1. The predicted octanol–water partition coefficient (Wildman–Crippen LogP) is 3.07. The van der Waals surface area contributed by atoms with E-state index in [1.807, 2.05) is 42.6 Å². The molecular formula is C22H21N5O3. The molecule has 0 fully saturated rings. The number of carbonyl (C=O) groups is 1. The minimum absolute atomic E-state index is 0.123. The first-order chi connectivity index (χ1) is 14.4. The van der Waals surface area contributed by atoms with Crippen LogP contribution in [-0.2, 0) is 5.41 Å². The number of nitriles is 2. The number of nitrogens with zero attached hydrogens (tertiary/aromatic N) is 4. The molecule has 8 nitrogen and oxygen atoms in total. The standard InChI is InChI=1S/C22H21N5O3/c1-22(2,13-24)15-5-8-27-16(12-26-19(27)11-15)14-9-17(29-3)20(18(10-14)30-4)21(28)25-7-6-23/h5,8-12H,7H2,1-4H3,(H,25,28). The highest BCUT2D eigenvalue weighted by atomic mass is 16.5. The van der Waals surface area contributed by atoms with Crippen LogP contribution in [0, 0.1) is 22.7 Å². The second-order valence-electron chi connectivity index (χ2n) is 7.12. The first kappa shape index (κ1) is 20.7. The number of nitrogens with one attached hydrogen (secondary N) is 1. The van der Waals surface area contributed by atoms with Crippen LogP contribution in [0.15, 0.2) is 36.7 Å². The van der Waals surface area contributed by atoms with E-state index in [1.54, 1.807) is 18.3 Å². The van der Waals surface area contributed by atoms with Gasteiger partial charge in [0.05, 0.1) is 43.7 Å². The predicted molar refractivity (Wildman–Crippen MR) is 110 cm³/mol. The maximum absolute atomic E-state index is 12.5. The molecular weight excluding hydrogens is 382 g/mol. The van der Waals surface area contributed by atoms with Gasteiger partial charge in [-0.3, -0.25) is 9.20 Å². The fourth-order valence-electron chi connectivity index (χ4n) is 3.14. The number of carbonyl (C=O) groups excluding carboxylic acids is 1. The summed E-state index contributed by atoms with van der Waals surface area (Å²) in [5.74, 6) is 0.173. The van der Waals surface area contributed by atoms with Gasteiger partial charge in [0.15, 0.2) is 0 Å². The fraction of sp³-hybridized carbons (Fsp3) is 0.273. The van der Waals surface area contributed by atoms with Crippen molar-refractivity contribution in [2.45, 2.75) is 19.3 Å². The van der Waals surface area contributed by atoms with Gasteiger partial charge < -0.3 is 14.8 Å². The van der Waals surface area contributed by atoms with Gasteiger partial charge >= 0.3 is 0 Å². The summed E-state index contributed by atoms with van der Waals surface area (Å²) in [7, 11) is 2.93. The number of imidazole rings is 1. The lowest BCUT2D eigenvalue weighted by atomic mass is 9.87. The lowest BCUT2D eigenvalue weighted by Crippen LogP contribution is -2.24. The SMILES string of the molecule is COc1cc(-c2cnc3cc(C(C)(C)C#N)ccn23)cc(OC)c1C(=O)NCC#N. The third-order valence-corrected chi connectivity index (χ3v) is 4.87. The third-order valence-electron chi connectivity index (χ3n) is 4.87. The van der Waals surface area contributed by atoms with Gasteiger partial charge in [-0.1, -0.05) is 0 Å². The first-order valence-corrected chi connectivity index (χ1v) is 9.16. The molecule has 1 aromatic carbocycles. The van der Waals surface area contributed by atoms with Crippen LogP contribution >= 0.6 is 0 Å². The molecule has 1 N–H and O–H groups in total. The molecule has 0 radical (unpaired) electrons. The van der Waals surface area contributed by atoms with E-state index in [4.69, 9.17) is 14.7 Å². The van der Waals surface area contributed by atoms with E-state index >= 15 is 0 Å². The van der Waals surface area contributed by atoms with Gasteiger partial charge in [0, 0.05) is 11.8 Å². The van der Waals surface area contributed by atoms with Gasteiger partial charge in [0.25, 0.3) is 5.91 Å². The van der Waals surface area contributed by atoms with Gasteiger partial charge in [-0.05, 0) is 43.7 Å². The smallest absolute Gasteiger partial charge is 0.259 e. The summed E-state index contributed by atoms with van der Waals surface area (Å²) < 4.78 is 12.7. The molecule has 0 unspecified atom stereocenters. The number of pyridine rings is 1. The third kappa shape index (κ3) is 3.63. The largest absolute Gasteiger partial charge is 0.496 e. The van der Waals surface area contributed by atoms with Crippen LogP contribution < -0.4 is 14.8 Å². The Hall–Kier alpha value is -4.04. The summed E-state index contributed by atoms with van der Waals surface area (Å²) in [4.78, 5) is 16.9. The highest BCUT2D eigenvalue weighted by molar-refractivity contribution is 6.00. The van der Waals surface area contributed by atoms with Crippen LogP contribution in [0.25, 0.3) is 16.9 Å². The van der Waals surface area contributed by atoms with Crippen molar-refractivity contribution in [3.8, 4) is 34.9 Å². The van der Waals surface area contributed by atoms with Crippen molar-refractivity contribution in [1.82, 2.24) is 14.7 Å². The Kier molecular flexibility index (Phi) is 5.61. The Morgan fingerprint density at radius 2 is 1.87 bits per heavy atom. The molecule has 8 heteroatoms. The molecule has 0 saturated carbocycles. The van der Waals surface area contributed by atoms with Crippen molar-refractivity contribution in [1.29, 1.82) is 10.5 Å². The summed E-state index contributed by atoms with van der Waals surface area (Å²) in [5, 5.41) is 20.6. The van der Waals surface area contributed by atoms with Crippen LogP contribution in [-0.4, -0.2) is 36.1 Å². The van der Waals surface area contributed by atoms with Gasteiger partial charge in [0.2, 0.25) is 0 Å². The van der Waals surface area contributed by atoms with Gasteiger partial charge in [-0.2, -0.15) is 10.5 Å². The zero-order chi connectivity index (χ0) is 21.9. The maximum atomic E-state index is 12.5. The minimum Gasteiger partial charge on any atom is -0.496 e. The van der Waals surface area contributed by atoms with E-state index in [9.17, 15) is 10.1 Å². The topological polar surface area (TPSA) is 112 Å². The number of amides is 1. The monoisotopic (exact) mass is 403 g/mol. The van der Waals surface area contributed by atoms with E-state index in [1.165, 1.54) is 14.2 Å². The molecule has 152 valence electrons. The van der Waals surface area contributed by atoms with Crippen molar-refractivity contribution in [3.63, 3.8) is 0 Å². The maximum Gasteiger partial charge on any atom is 0.259 e. The summed E-state index contributed by atoms with van der Waals surface area (Å²) in [6.45, 7) is 3.59. The van der Waals surface area contributed by atoms with Gasteiger partial charge in [-0.15, -0.1) is 0 Å². The second-order valence-corrected chi connectivity index (χ2v) is 7.12. The van der Waals surface area contributed by atoms with Crippen molar-refractivity contribution in [2.24, 2.45) is 0 Å². The average Bonchev–Trinajstić information content (AvgIpc) is 3.19. The molecule has 1 amide bonds. The number of hydrogen-bond acceptors (Lipinski definition) is 6. The Labute approximate surface area is 174 Å². The molecule has 0 aliphatic heterocycles. The fourth-order valence-corrected chi connectivity index (χ4v) is 3.14. The molecule has 0 saturated heterocycles. The normalized spacial score (nSPS) is 10.9. The molecule has 30 heavy (non-hydrogen) atoms. The number of fused-ring (bicyclic) bond motifs is 1. The number of ether oxygens (including phenoxy) is 2. The molecule has 3 rings (SSSR count). The molecule has 0 atom stereocenters. The lowest BCUT2D eigenvalue weighted by molar-refractivity contribution is 0.0952. The van der Waals surface area contributed by atoms with E-state index in [0.29, 0.717) is 17.1 Å². The summed E-state index contributed by atoms with van der Waals surface area (Å²) in [5.41, 5.74) is 2.66. The van der Waals surface area contributed by atoms with E-state index < -0.39 is 11.3 Å². The molecule has 2 aromatic heterocycles. The van der Waals surface area contributed by atoms with Crippen LogP contribution in [0.1, 0.15) is 29.8 Å². The Bertz CT molecular complexity index is 1170. The zero-order valence-corrected chi connectivity index (χ0v) is 17.2. The number of aromatic nitrogens is 2. The van der Waals surface area contributed by atoms with Crippen LogP contribution in [0.2, 0.25) is 0 Å². The number of rotatable bonds is 6. The number of methoxy groups -OCH3 is 2. The number of benzene rings is 1. The van der Waals surface area contributed by atoms with E-state index in [0.717, 1.165) is 16.8 Å². The summed E-state index contributed by atoms with van der Waals surface area (Å²) in [6, 6.07) is 11.4. The highest BCUT2D eigenvalue weighted by Crippen LogP contribution is 2.35. The van der Waals surface area contributed by atoms with Crippen LogP contribution in [0.5, 0.6) is 11.5 Å². The van der Waals surface area contributed by atoms with E-state index in [2.05, 4.69) is 16.4 Å². The van der Waals surface area contributed by atoms with E-state index in [-0.39, 0.29) is 12.1 Å². The lowest BCUT2D eigenvalue weighted by Gasteiger charge is -2.16. The van der Waals surface area contributed by atoms with Crippen molar-refractivity contribution in [2.75, 3.05) is 20.8 Å². The Morgan fingerprint density at radius 3 is 2.43 bits per heavy atom. The van der Waals surface area contributed by atoms with Crippen molar-refractivity contribution >= 4 is 11.6 Å². The summed E-state index contributed by atoms with van der Waals surface area (Å²) >= 11 is 0. The quantitative estimate of drug-likeness (QED) is 0.633. The van der Waals surface area contributed by atoms with Crippen LogP contribution in [0.4, 0.5) is 0 Å². The van der Waals surface area contributed by atoms with Crippen molar-refractivity contribution in [3.05, 3.63) is 47.8 Å². The molecule has 0 aliphatic carbocycles. The minimum atomic E-state index is -0.626. The molecule has 3 aromatic rings. The Morgan fingerprint density at radius 1 is 1.20 bits per heavy atom. The second kappa shape index (κ2) is 8.14. The molecule has 0 aliphatic rings. The average molecular weight is 403 g/mol. The van der Waals surface area contributed by atoms with Crippen LogP contribution in [0.3, 0.4) is 0 Å². The zero-order valence-electron chi connectivity index (χ0n) is 17.2. The Balaban J connectivity index is 2.12. The molecule has 0 spiro atoms. The van der Waals surface area contributed by atoms with Crippen molar-refractivity contribution < 1.29 is 14.3 Å². The first-order valence-electron chi connectivity index (χ1n) is 9.16. The highest BCUT2D eigenvalue weighted by Gasteiger charge is 2.23. The van der Waals surface area contributed by atoms with Gasteiger partial charge in [-0.25, -0.2) is 4.98 Å². The molecule has 0 bridgehead atoms.